The topological polar surface area (TPSA) is 55.0 Å². The molecule has 2 aromatic rings. The second-order valence-corrected chi connectivity index (χ2v) is 5.37. The van der Waals surface area contributed by atoms with Gasteiger partial charge in [-0.3, -0.25) is 0 Å². The van der Waals surface area contributed by atoms with Crippen molar-refractivity contribution in [3.05, 3.63) is 17.3 Å². The Kier molecular flexibility index (Phi) is 4.49. The van der Waals surface area contributed by atoms with E-state index in [9.17, 15) is 0 Å². The highest BCUT2D eigenvalue weighted by Gasteiger charge is 2.13. The highest BCUT2D eigenvalue weighted by Crippen LogP contribution is 2.30. The predicted octanol–water partition coefficient (Wildman–Crippen LogP) is 2.43. The highest BCUT2D eigenvalue weighted by molar-refractivity contribution is 7.18. The Hall–Kier alpha value is -1.20. The summed E-state index contributed by atoms with van der Waals surface area (Å²) in [6, 6.07) is 2.22. The van der Waals surface area contributed by atoms with Crippen LogP contribution in [-0.2, 0) is 6.42 Å². The van der Waals surface area contributed by atoms with Gasteiger partial charge in [0.05, 0.1) is 5.39 Å². The smallest absolute Gasteiger partial charge is 0.140 e. The van der Waals surface area contributed by atoms with Crippen molar-refractivity contribution < 1.29 is 0 Å². The molecular weight excluding hydrogens is 244 g/mol. The van der Waals surface area contributed by atoms with Gasteiger partial charge in [0.25, 0.3) is 0 Å². The summed E-state index contributed by atoms with van der Waals surface area (Å²) in [5.74, 6) is 1.03. The number of fused-ring (bicyclic) bond motifs is 1. The molecular formula is C13H20N4S. The average molecular weight is 264 g/mol. The summed E-state index contributed by atoms with van der Waals surface area (Å²) < 4.78 is 0. The van der Waals surface area contributed by atoms with E-state index in [1.807, 2.05) is 0 Å². The molecule has 2 N–H and O–H groups in total. The maximum atomic E-state index is 5.69. The molecule has 0 saturated heterocycles. The molecule has 0 aliphatic carbocycles. The van der Waals surface area contributed by atoms with E-state index in [0.29, 0.717) is 6.54 Å². The van der Waals surface area contributed by atoms with Crippen molar-refractivity contribution in [2.75, 3.05) is 24.5 Å². The van der Waals surface area contributed by atoms with Crippen LogP contribution in [0.15, 0.2) is 12.4 Å². The van der Waals surface area contributed by atoms with Gasteiger partial charge in [-0.05, 0) is 18.9 Å². The molecule has 0 saturated carbocycles. The van der Waals surface area contributed by atoms with E-state index in [1.165, 1.54) is 10.3 Å². The molecule has 2 heterocycles. The first-order valence-electron chi connectivity index (χ1n) is 6.48. The number of aryl methyl sites for hydroxylation is 1. The van der Waals surface area contributed by atoms with Crippen LogP contribution in [0.4, 0.5) is 5.82 Å². The first kappa shape index (κ1) is 13.2. The van der Waals surface area contributed by atoms with Crippen molar-refractivity contribution in [1.82, 2.24) is 9.97 Å². The van der Waals surface area contributed by atoms with Crippen LogP contribution >= 0.6 is 11.3 Å². The van der Waals surface area contributed by atoms with Crippen molar-refractivity contribution in [2.45, 2.75) is 26.7 Å². The van der Waals surface area contributed by atoms with E-state index in [4.69, 9.17) is 5.73 Å². The number of rotatable bonds is 6. The van der Waals surface area contributed by atoms with Crippen LogP contribution in [0.25, 0.3) is 10.2 Å². The molecule has 0 unspecified atom stereocenters. The van der Waals surface area contributed by atoms with Gasteiger partial charge in [0.15, 0.2) is 0 Å². The van der Waals surface area contributed by atoms with Crippen molar-refractivity contribution in [1.29, 1.82) is 0 Å². The van der Waals surface area contributed by atoms with Crippen LogP contribution in [-0.4, -0.2) is 29.6 Å². The van der Waals surface area contributed by atoms with E-state index in [0.717, 1.165) is 36.6 Å². The highest BCUT2D eigenvalue weighted by atomic mass is 32.1. The van der Waals surface area contributed by atoms with Crippen molar-refractivity contribution in [3.8, 4) is 0 Å². The second-order valence-electron chi connectivity index (χ2n) is 4.26. The Morgan fingerprint density at radius 2 is 2.11 bits per heavy atom. The van der Waals surface area contributed by atoms with Crippen LogP contribution in [0.5, 0.6) is 0 Å². The number of anilines is 1. The standard InChI is InChI=1S/C13H20N4S/c1-3-6-17(7-5-14)12-11-8-10(4-2)18-13(11)16-9-15-12/h8-9H,3-7,14H2,1-2H3. The van der Waals surface area contributed by atoms with Crippen molar-refractivity contribution in [3.63, 3.8) is 0 Å². The summed E-state index contributed by atoms with van der Waals surface area (Å²) in [7, 11) is 0. The molecule has 0 bridgehead atoms. The summed E-state index contributed by atoms with van der Waals surface area (Å²) in [5.41, 5.74) is 5.69. The molecule has 0 fully saturated rings. The fourth-order valence-corrected chi connectivity index (χ4v) is 3.00. The van der Waals surface area contributed by atoms with Gasteiger partial charge in [-0.25, -0.2) is 9.97 Å². The number of hydrogen-bond donors (Lipinski definition) is 1. The number of thiophene rings is 1. The molecule has 0 atom stereocenters. The number of nitrogens with zero attached hydrogens (tertiary/aromatic N) is 3. The molecule has 0 amide bonds. The van der Waals surface area contributed by atoms with E-state index in [2.05, 4.69) is 34.8 Å². The zero-order valence-electron chi connectivity index (χ0n) is 11.0. The lowest BCUT2D eigenvalue weighted by molar-refractivity contribution is 0.753. The minimum absolute atomic E-state index is 0.649. The molecule has 4 nitrogen and oxygen atoms in total. The van der Waals surface area contributed by atoms with Gasteiger partial charge >= 0.3 is 0 Å². The lowest BCUT2D eigenvalue weighted by Crippen LogP contribution is -2.30. The molecule has 0 aliphatic rings. The van der Waals surface area contributed by atoms with Crippen molar-refractivity contribution >= 4 is 27.4 Å². The Labute approximate surface area is 112 Å². The van der Waals surface area contributed by atoms with Gasteiger partial charge in [-0.2, -0.15) is 0 Å². The van der Waals surface area contributed by atoms with Crippen LogP contribution in [0.3, 0.4) is 0 Å². The predicted molar refractivity (Wildman–Crippen MR) is 78.4 cm³/mol. The summed E-state index contributed by atoms with van der Waals surface area (Å²) in [6.07, 6.45) is 3.80. The third-order valence-corrected chi connectivity index (χ3v) is 4.09. The molecule has 98 valence electrons. The van der Waals surface area contributed by atoms with Crippen LogP contribution in [0.2, 0.25) is 0 Å². The summed E-state index contributed by atoms with van der Waals surface area (Å²) in [4.78, 5) is 13.5. The Morgan fingerprint density at radius 1 is 1.28 bits per heavy atom. The third kappa shape index (κ3) is 2.62. The summed E-state index contributed by atoms with van der Waals surface area (Å²) in [6.45, 7) is 6.82. The van der Waals surface area contributed by atoms with Crippen molar-refractivity contribution in [2.24, 2.45) is 5.73 Å². The molecule has 5 heteroatoms. The average Bonchev–Trinajstić information content (AvgIpc) is 2.81. The quantitative estimate of drug-likeness (QED) is 0.870. The molecule has 0 aromatic carbocycles. The molecule has 0 radical (unpaired) electrons. The maximum absolute atomic E-state index is 5.69. The number of hydrogen-bond acceptors (Lipinski definition) is 5. The van der Waals surface area contributed by atoms with Gasteiger partial charge in [-0.1, -0.05) is 13.8 Å². The third-order valence-electron chi connectivity index (χ3n) is 2.90. The Bertz CT molecular complexity index is 503. The molecule has 18 heavy (non-hydrogen) atoms. The SMILES string of the molecule is CCCN(CCN)c1ncnc2sc(CC)cc12. The summed E-state index contributed by atoms with van der Waals surface area (Å²) >= 11 is 1.76. The maximum Gasteiger partial charge on any atom is 0.140 e. The van der Waals surface area contributed by atoms with E-state index < -0.39 is 0 Å². The van der Waals surface area contributed by atoms with Gasteiger partial charge < -0.3 is 10.6 Å². The van der Waals surface area contributed by atoms with Gasteiger partial charge in [-0.15, -0.1) is 11.3 Å². The zero-order valence-corrected chi connectivity index (χ0v) is 11.8. The molecule has 0 spiro atoms. The zero-order chi connectivity index (χ0) is 13.0. The fraction of sp³-hybridized carbons (Fsp3) is 0.538. The minimum Gasteiger partial charge on any atom is -0.355 e. The monoisotopic (exact) mass is 264 g/mol. The molecule has 2 aromatic heterocycles. The Morgan fingerprint density at radius 3 is 2.78 bits per heavy atom. The van der Waals surface area contributed by atoms with Crippen LogP contribution < -0.4 is 10.6 Å². The first-order valence-corrected chi connectivity index (χ1v) is 7.30. The van der Waals surface area contributed by atoms with Gasteiger partial charge in [0, 0.05) is 24.5 Å². The van der Waals surface area contributed by atoms with E-state index in [-0.39, 0.29) is 0 Å². The first-order chi connectivity index (χ1) is 8.80. The minimum atomic E-state index is 0.649. The largest absolute Gasteiger partial charge is 0.355 e. The molecule has 2 rings (SSSR count). The molecule has 0 aliphatic heterocycles. The number of nitrogens with two attached hydrogens (primary N) is 1. The van der Waals surface area contributed by atoms with E-state index >= 15 is 0 Å². The van der Waals surface area contributed by atoms with Crippen LogP contribution in [0.1, 0.15) is 25.1 Å². The lowest BCUT2D eigenvalue weighted by Gasteiger charge is -2.22. The van der Waals surface area contributed by atoms with Gasteiger partial charge in [0.2, 0.25) is 0 Å². The normalized spacial score (nSPS) is 11.1. The fourth-order valence-electron chi connectivity index (χ4n) is 2.07. The van der Waals surface area contributed by atoms with Gasteiger partial charge in [0.1, 0.15) is 17.0 Å². The second kappa shape index (κ2) is 6.11. The van der Waals surface area contributed by atoms with Crippen LogP contribution in [0, 0.1) is 0 Å². The lowest BCUT2D eigenvalue weighted by atomic mass is 10.3. The van der Waals surface area contributed by atoms with E-state index in [1.54, 1.807) is 17.7 Å². The number of aromatic nitrogens is 2. The summed E-state index contributed by atoms with van der Waals surface area (Å²) in [5, 5.41) is 1.17. The Balaban J connectivity index is 2.43.